The molecule has 1 aromatic carbocycles. The molecule has 1 N–H and O–H groups in total. The summed E-state index contributed by atoms with van der Waals surface area (Å²) in [6.45, 7) is 7.05. The molecule has 0 amide bonds. The molecule has 0 spiro atoms. The van der Waals surface area contributed by atoms with Gasteiger partial charge in [-0.25, -0.2) is 0 Å². The van der Waals surface area contributed by atoms with Gasteiger partial charge in [0.15, 0.2) is 0 Å². The maximum atomic E-state index is 11.5. The number of benzene rings is 1. The highest BCUT2D eigenvalue weighted by Crippen LogP contribution is 2.30. The molecule has 0 radical (unpaired) electrons. The van der Waals surface area contributed by atoms with Gasteiger partial charge in [-0.3, -0.25) is 4.21 Å². The van der Waals surface area contributed by atoms with E-state index in [-0.39, 0.29) is 0 Å². The van der Waals surface area contributed by atoms with Crippen molar-refractivity contribution in [2.24, 2.45) is 0 Å². The van der Waals surface area contributed by atoms with E-state index in [1.807, 2.05) is 0 Å². The molecule has 106 valence electrons. The Morgan fingerprint density at radius 2 is 2.11 bits per heavy atom. The largest absolute Gasteiger partial charge is 0.369 e. The number of hydrogen-bond acceptors (Lipinski definition) is 3. The van der Waals surface area contributed by atoms with Crippen LogP contribution in [0.4, 0.5) is 5.69 Å². The van der Waals surface area contributed by atoms with Crippen molar-refractivity contribution in [1.82, 2.24) is 5.32 Å². The van der Waals surface area contributed by atoms with E-state index in [4.69, 9.17) is 0 Å². The quantitative estimate of drug-likeness (QED) is 0.911. The summed E-state index contributed by atoms with van der Waals surface area (Å²) in [4.78, 5) is 2.36. The van der Waals surface area contributed by atoms with Crippen molar-refractivity contribution < 1.29 is 4.21 Å². The van der Waals surface area contributed by atoms with Gasteiger partial charge >= 0.3 is 0 Å². The highest BCUT2D eigenvalue weighted by molar-refractivity contribution is 9.10. The highest BCUT2D eigenvalue weighted by Gasteiger charge is 2.20. The molecular formula is C14H21BrN2OS. The van der Waals surface area contributed by atoms with Crippen molar-refractivity contribution >= 4 is 32.4 Å². The molecule has 19 heavy (non-hydrogen) atoms. The van der Waals surface area contributed by atoms with E-state index in [2.05, 4.69) is 58.2 Å². The highest BCUT2D eigenvalue weighted by atomic mass is 79.9. The minimum absolute atomic E-state index is 0.324. The Labute approximate surface area is 126 Å². The Bertz CT molecular complexity index is 457. The molecule has 0 bridgehead atoms. The average molecular weight is 345 g/mol. The smallest absolute Gasteiger partial charge is 0.0415 e. The molecule has 1 atom stereocenters. The van der Waals surface area contributed by atoms with Crippen LogP contribution in [0.25, 0.3) is 0 Å². The van der Waals surface area contributed by atoms with Crippen molar-refractivity contribution in [1.29, 1.82) is 0 Å². The van der Waals surface area contributed by atoms with Gasteiger partial charge in [-0.2, -0.15) is 0 Å². The van der Waals surface area contributed by atoms with Gasteiger partial charge < -0.3 is 10.2 Å². The maximum Gasteiger partial charge on any atom is 0.0415 e. The van der Waals surface area contributed by atoms with Gasteiger partial charge in [-0.05, 0) is 37.2 Å². The van der Waals surface area contributed by atoms with Crippen LogP contribution in [0.5, 0.6) is 0 Å². The van der Waals surface area contributed by atoms with Crippen LogP contribution >= 0.6 is 15.9 Å². The lowest BCUT2D eigenvalue weighted by atomic mass is 10.0. The zero-order chi connectivity index (χ0) is 13.8. The Hall–Kier alpha value is -0.390. The molecule has 3 nitrogen and oxygen atoms in total. The molecule has 1 saturated heterocycles. The lowest BCUT2D eigenvalue weighted by molar-refractivity contribution is 0.595. The molecule has 2 rings (SSSR count). The number of nitrogens with one attached hydrogen (secondary N) is 1. The van der Waals surface area contributed by atoms with Gasteiger partial charge in [0.2, 0.25) is 0 Å². The number of nitrogens with zero attached hydrogens (tertiary/aromatic N) is 1. The standard InChI is InChI=1S/C14H21BrN2OS/c1-3-16-11(2)13-10-12(15)4-5-14(13)17-6-8-19(18)9-7-17/h4-5,10-11,16H,3,6-9H2,1-2H3. The summed E-state index contributed by atoms with van der Waals surface area (Å²) in [7, 11) is -0.626. The van der Waals surface area contributed by atoms with Crippen LogP contribution in [-0.4, -0.2) is 35.3 Å². The first-order valence-corrected chi connectivity index (χ1v) is 9.02. The summed E-state index contributed by atoms with van der Waals surface area (Å²) in [5.41, 5.74) is 2.58. The Kier molecular flexibility index (Phi) is 5.42. The van der Waals surface area contributed by atoms with Gasteiger partial charge in [0, 0.05) is 51.6 Å². The average Bonchev–Trinajstić information content (AvgIpc) is 2.40. The predicted molar refractivity (Wildman–Crippen MR) is 86.3 cm³/mol. The summed E-state index contributed by atoms with van der Waals surface area (Å²) in [6, 6.07) is 6.77. The molecule has 0 aromatic heterocycles. The molecule has 5 heteroatoms. The van der Waals surface area contributed by atoms with Crippen LogP contribution in [0.3, 0.4) is 0 Å². The van der Waals surface area contributed by atoms with Gasteiger partial charge in [0.1, 0.15) is 0 Å². The van der Waals surface area contributed by atoms with Crippen molar-refractivity contribution in [3.05, 3.63) is 28.2 Å². The molecule has 1 heterocycles. The van der Waals surface area contributed by atoms with E-state index < -0.39 is 10.8 Å². The van der Waals surface area contributed by atoms with E-state index in [0.29, 0.717) is 6.04 Å². The molecule has 0 saturated carbocycles. The van der Waals surface area contributed by atoms with Crippen molar-refractivity contribution in [3.8, 4) is 0 Å². The third-order valence-corrected chi connectivity index (χ3v) is 5.25. The second kappa shape index (κ2) is 6.86. The summed E-state index contributed by atoms with van der Waals surface area (Å²) in [5.74, 6) is 1.57. The Balaban J connectivity index is 2.26. The maximum absolute atomic E-state index is 11.5. The third-order valence-electron chi connectivity index (χ3n) is 3.48. The fraction of sp³-hybridized carbons (Fsp3) is 0.571. The van der Waals surface area contributed by atoms with E-state index in [1.165, 1.54) is 11.3 Å². The second-order valence-electron chi connectivity index (χ2n) is 4.82. The molecular weight excluding hydrogens is 324 g/mol. The normalized spacial score (nSPS) is 18.6. The number of rotatable bonds is 4. The van der Waals surface area contributed by atoms with Crippen LogP contribution in [0.15, 0.2) is 22.7 Å². The molecule has 1 aromatic rings. The summed E-state index contributed by atoms with van der Waals surface area (Å²) in [6.07, 6.45) is 0. The van der Waals surface area contributed by atoms with Crippen molar-refractivity contribution in [3.63, 3.8) is 0 Å². The Morgan fingerprint density at radius 1 is 1.42 bits per heavy atom. The first kappa shape index (κ1) is 15.0. The van der Waals surface area contributed by atoms with Gasteiger partial charge in [-0.1, -0.05) is 22.9 Å². The van der Waals surface area contributed by atoms with E-state index in [1.54, 1.807) is 0 Å². The predicted octanol–water partition coefficient (Wildman–Crippen LogP) is 2.69. The zero-order valence-electron chi connectivity index (χ0n) is 11.5. The lowest BCUT2D eigenvalue weighted by Crippen LogP contribution is -2.38. The second-order valence-corrected chi connectivity index (χ2v) is 7.43. The fourth-order valence-electron chi connectivity index (χ4n) is 2.46. The van der Waals surface area contributed by atoms with Crippen LogP contribution < -0.4 is 10.2 Å². The summed E-state index contributed by atoms with van der Waals surface area (Å²) < 4.78 is 12.6. The van der Waals surface area contributed by atoms with E-state index in [0.717, 1.165) is 35.6 Å². The first-order valence-electron chi connectivity index (χ1n) is 6.74. The number of anilines is 1. The van der Waals surface area contributed by atoms with Gasteiger partial charge in [-0.15, -0.1) is 0 Å². The SMILES string of the molecule is CCNC(C)c1cc(Br)ccc1N1CCS(=O)CC1. The minimum Gasteiger partial charge on any atom is -0.369 e. The van der Waals surface area contributed by atoms with Gasteiger partial charge in [0.25, 0.3) is 0 Å². The Morgan fingerprint density at radius 3 is 2.74 bits per heavy atom. The lowest BCUT2D eigenvalue weighted by Gasteiger charge is -2.32. The van der Waals surface area contributed by atoms with Crippen LogP contribution in [0, 0.1) is 0 Å². The number of halogens is 1. The first-order chi connectivity index (χ1) is 9.11. The van der Waals surface area contributed by atoms with E-state index in [9.17, 15) is 4.21 Å². The molecule has 0 aliphatic carbocycles. The fourth-order valence-corrected chi connectivity index (χ4v) is 3.89. The monoisotopic (exact) mass is 344 g/mol. The van der Waals surface area contributed by atoms with Gasteiger partial charge in [0.05, 0.1) is 0 Å². The summed E-state index contributed by atoms with van der Waals surface area (Å²) in [5, 5.41) is 3.47. The molecule has 1 fully saturated rings. The van der Waals surface area contributed by atoms with Crippen LogP contribution in [0.2, 0.25) is 0 Å². The zero-order valence-corrected chi connectivity index (χ0v) is 13.9. The third kappa shape index (κ3) is 3.80. The molecule has 1 aliphatic heterocycles. The van der Waals surface area contributed by atoms with Crippen molar-refractivity contribution in [2.75, 3.05) is 36.0 Å². The molecule has 1 aliphatic rings. The van der Waals surface area contributed by atoms with E-state index >= 15 is 0 Å². The van der Waals surface area contributed by atoms with Crippen molar-refractivity contribution in [2.45, 2.75) is 19.9 Å². The van der Waals surface area contributed by atoms with Crippen LogP contribution in [-0.2, 0) is 10.8 Å². The molecule has 1 unspecified atom stereocenters. The van der Waals surface area contributed by atoms with Crippen LogP contribution in [0.1, 0.15) is 25.5 Å². The number of hydrogen-bond donors (Lipinski definition) is 1. The topological polar surface area (TPSA) is 32.3 Å². The summed E-state index contributed by atoms with van der Waals surface area (Å²) >= 11 is 3.55. The minimum atomic E-state index is -0.626.